The van der Waals surface area contributed by atoms with Gasteiger partial charge in [-0.25, -0.2) is 4.98 Å². The van der Waals surface area contributed by atoms with Crippen LogP contribution < -0.4 is 10.6 Å². The van der Waals surface area contributed by atoms with E-state index in [0.717, 1.165) is 18.7 Å². The molecule has 1 fully saturated rings. The predicted octanol–water partition coefficient (Wildman–Crippen LogP) is 1.80. The first kappa shape index (κ1) is 12.6. The lowest BCUT2D eigenvalue weighted by Crippen LogP contribution is -2.26. The van der Waals surface area contributed by atoms with Crippen LogP contribution in [-0.4, -0.2) is 30.1 Å². The highest BCUT2D eigenvalue weighted by Crippen LogP contribution is 2.15. The average molecular weight is 247 g/mol. The summed E-state index contributed by atoms with van der Waals surface area (Å²) in [4.78, 5) is 16.0. The predicted molar refractivity (Wildman–Crippen MR) is 70.5 cm³/mol. The quantitative estimate of drug-likeness (QED) is 0.779. The number of amides is 1. The van der Waals surface area contributed by atoms with Crippen LogP contribution in [0.2, 0.25) is 0 Å². The van der Waals surface area contributed by atoms with Crippen molar-refractivity contribution in [2.24, 2.45) is 0 Å². The molecule has 0 bridgehead atoms. The van der Waals surface area contributed by atoms with Crippen LogP contribution in [0.25, 0.3) is 0 Å². The molecule has 5 nitrogen and oxygen atoms in total. The van der Waals surface area contributed by atoms with Gasteiger partial charge in [0.2, 0.25) is 0 Å². The van der Waals surface area contributed by atoms with Gasteiger partial charge in [0.25, 0.3) is 5.91 Å². The number of aromatic nitrogens is 1. The molecule has 1 aliphatic rings. The molecule has 1 saturated heterocycles. The fourth-order valence-electron chi connectivity index (χ4n) is 1.76. The molecule has 5 heteroatoms. The van der Waals surface area contributed by atoms with E-state index >= 15 is 0 Å². The monoisotopic (exact) mass is 247 g/mol. The molecule has 1 atom stereocenters. The van der Waals surface area contributed by atoms with Gasteiger partial charge in [0.1, 0.15) is 11.9 Å². The maximum atomic E-state index is 11.8. The van der Waals surface area contributed by atoms with Crippen LogP contribution in [0.4, 0.5) is 11.5 Å². The fraction of sp³-hybridized carbons (Fsp3) is 0.385. The second-order valence-corrected chi connectivity index (χ2v) is 4.09. The van der Waals surface area contributed by atoms with Gasteiger partial charge < -0.3 is 15.4 Å². The number of rotatable bonds is 5. The standard InChI is InChI=1S/C13H17N3O2/c1-2-7-14-12-6-5-10(9-15-12)16-13(17)11-4-3-8-18-11/h2,5-6,9,11H,1,3-4,7-8H2,(H,14,15)(H,16,17). The first-order valence-electron chi connectivity index (χ1n) is 6.03. The van der Waals surface area contributed by atoms with Crippen molar-refractivity contribution in [3.63, 3.8) is 0 Å². The molecule has 0 aliphatic carbocycles. The normalized spacial score (nSPS) is 18.3. The molecule has 96 valence electrons. The third-order valence-corrected chi connectivity index (χ3v) is 2.68. The maximum Gasteiger partial charge on any atom is 0.253 e. The first-order valence-corrected chi connectivity index (χ1v) is 6.03. The van der Waals surface area contributed by atoms with Gasteiger partial charge in [0.15, 0.2) is 0 Å². The summed E-state index contributed by atoms with van der Waals surface area (Å²) in [5.41, 5.74) is 0.680. The van der Waals surface area contributed by atoms with Crippen LogP contribution in [0, 0.1) is 0 Å². The number of carbonyl (C=O) groups excluding carboxylic acids is 1. The molecule has 0 aromatic carbocycles. The Morgan fingerprint density at radius 2 is 2.50 bits per heavy atom. The van der Waals surface area contributed by atoms with Crippen LogP contribution in [0.1, 0.15) is 12.8 Å². The summed E-state index contributed by atoms with van der Waals surface area (Å²) in [5.74, 6) is 0.658. The minimum Gasteiger partial charge on any atom is -0.368 e. The van der Waals surface area contributed by atoms with Crippen molar-refractivity contribution in [3.8, 4) is 0 Å². The number of anilines is 2. The van der Waals surface area contributed by atoms with E-state index < -0.39 is 0 Å². The Kier molecular flexibility index (Phi) is 4.30. The fourth-order valence-corrected chi connectivity index (χ4v) is 1.76. The number of pyridine rings is 1. The van der Waals surface area contributed by atoms with Crippen LogP contribution in [-0.2, 0) is 9.53 Å². The van der Waals surface area contributed by atoms with Gasteiger partial charge in [-0.05, 0) is 25.0 Å². The van der Waals surface area contributed by atoms with E-state index in [9.17, 15) is 4.79 Å². The van der Waals surface area contributed by atoms with Crippen molar-refractivity contribution in [2.45, 2.75) is 18.9 Å². The van der Waals surface area contributed by atoms with Gasteiger partial charge in [0, 0.05) is 13.2 Å². The Labute approximate surface area is 106 Å². The van der Waals surface area contributed by atoms with Gasteiger partial charge in [-0.3, -0.25) is 4.79 Å². The second kappa shape index (κ2) is 6.16. The maximum absolute atomic E-state index is 11.8. The summed E-state index contributed by atoms with van der Waals surface area (Å²) in [6.45, 7) is 4.94. The van der Waals surface area contributed by atoms with Gasteiger partial charge in [-0.1, -0.05) is 6.08 Å². The van der Waals surface area contributed by atoms with Crippen molar-refractivity contribution < 1.29 is 9.53 Å². The van der Waals surface area contributed by atoms with E-state index in [-0.39, 0.29) is 12.0 Å². The minimum absolute atomic E-state index is 0.0962. The van der Waals surface area contributed by atoms with Crippen LogP contribution >= 0.6 is 0 Å². The molecule has 18 heavy (non-hydrogen) atoms. The highest BCUT2D eigenvalue weighted by Gasteiger charge is 2.23. The van der Waals surface area contributed by atoms with Crippen LogP contribution in [0.5, 0.6) is 0 Å². The zero-order valence-electron chi connectivity index (χ0n) is 10.2. The molecule has 1 amide bonds. The highest BCUT2D eigenvalue weighted by molar-refractivity contribution is 5.94. The SMILES string of the molecule is C=CCNc1ccc(NC(=O)C2CCCO2)cn1. The lowest BCUT2D eigenvalue weighted by Gasteiger charge is -2.10. The summed E-state index contributed by atoms with van der Waals surface area (Å²) < 4.78 is 5.31. The molecule has 0 radical (unpaired) electrons. The van der Waals surface area contributed by atoms with Crippen molar-refractivity contribution >= 4 is 17.4 Å². The van der Waals surface area contributed by atoms with E-state index in [0.29, 0.717) is 18.8 Å². The molecular weight excluding hydrogens is 230 g/mol. The summed E-state index contributed by atoms with van der Waals surface area (Å²) in [6.07, 6.45) is 4.80. The lowest BCUT2D eigenvalue weighted by atomic mass is 10.2. The van der Waals surface area contributed by atoms with Gasteiger partial charge >= 0.3 is 0 Å². The van der Waals surface area contributed by atoms with E-state index in [4.69, 9.17) is 4.74 Å². The topological polar surface area (TPSA) is 63.2 Å². The Morgan fingerprint density at radius 3 is 3.11 bits per heavy atom. The van der Waals surface area contributed by atoms with E-state index in [2.05, 4.69) is 22.2 Å². The third-order valence-electron chi connectivity index (χ3n) is 2.68. The molecule has 1 aromatic rings. The molecule has 2 N–H and O–H groups in total. The summed E-state index contributed by atoms with van der Waals surface area (Å²) >= 11 is 0. The van der Waals surface area contributed by atoms with Gasteiger partial charge in [0.05, 0.1) is 11.9 Å². The summed E-state index contributed by atoms with van der Waals surface area (Å²) in [5, 5.41) is 5.86. The van der Waals surface area contributed by atoms with Gasteiger partial charge in [-0.2, -0.15) is 0 Å². The Hall–Kier alpha value is -1.88. The molecule has 2 rings (SSSR count). The minimum atomic E-state index is -0.316. The molecule has 2 heterocycles. The summed E-state index contributed by atoms with van der Waals surface area (Å²) in [6, 6.07) is 3.62. The number of carbonyl (C=O) groups is 1. The van der Waals surface area contributed by atoms with Crippen molar-refractivity contribution in [2.75, 3.05) is 23.8 Å². The summed E-state index contributed by atoms with van der Waals surface area (Å²) in [7, 11) is 0. The van der Waals surface area contributed by atoms with Crippen molar-refractivity contribution in [1.29, 1.82) is 0 Å². The molecule has 1 aromatic heterocycles. The highest BCUT2D eigenvalue weighted by atomic mass is 16.5. The first-order chi connectivity index (χ1) is 8.79. The molecule has 0 saturated carbocycles. The second-order valence-electron chi connectivity index (χ2n) is 4.09. The lowest BCUT2D eigenvalue weighted by molar-refractivity contribution is -0.124. The number of hydrogen-bond donors (Lipinski definition) is 2. The molecule has 0 spiro atoms. The van der Waals surface area contributed by atoms with E-state index in [1.165, 1.54) is 0 Å². The van der Waals surface area contributed by atoms with Crippen molar-refractivity contribution in [3.05, 3.63) is 31.0 Å². The number of nitrogens with zero attached hydrogens (tertiary/aromatic N) is 1. The van der Waals surface area contributed by atoms with E-state index in [1.807, 2.05) is 12.1 Å². The van der Waals surface area contributed by atoms with Crippen molar-refractivity contribution in [1.82, 2.24) is 4.98 Å². The third kappa shape index (κ3) is 3.30. The van der Waals surface area contributed by atoms with Crippen LogP contribution in [0.3, 0.4) is 0 Å². The zero-order chi connectivity index (χ0) is 12.8. The van der Waals surface area contributed by atoms with Gasteiger partial charge in [-0.15, -0.1) is 6.58 Å². The Balaban J connectivity index is 1.89. The molecule has 1 unspecified atom stereocenters. The Morgan fingerprint density at radius 1 is 1.61 bits per heavy atom. The average Bonchev–Trinajstić information content (AvgIpc) is 2.92. The zero-order valence-corrected chi connectivity index (χ0v) is 10.2. The molecular formula is C13H17N3O2. The Bertz CT molecular complexity index is 411. The number of ether oxygens (including phenoxy) is 1. The van der Waals surface area contributed by atoms with Crippen LogP contribution in [0.15, 0.2) is 31.0 Å². The molecule has 1 aliphatic heterocycles. The number of hydrogen-bond acceptors (Lipinski definition) is 4. The van der Waals surface area contributed by atoms with E-state index in [1.54, 1.807) is 12.3 Å². The largest absolute Gasteiger partial charge is 0.368 e. The number of nitrogens with one attached hydrogen (secondary N) is 2. The smallest absolute Gasteiger partial charge is 0.253 e.